The third kappa shape index (κ3) is 4.20. The maximum atomic E-state index is 12.0. The molecule has 1 aromatic heterocycles. The Morgan fingerprint density at radius 2 is 2.18 bits per heavy atom. The average Bonchev–Trinajstić information content (AvgIpc) is 3.02. The molecule has 0 saturated heterocycles. The number of carbonyl (C=O) groups is 1. The lowest BCUT2D eigenvalue weighted by molar-refractivity contribution is 0.183. The van der Waals surface area contributed by atoms with E-state index in [0.29, 0.717) is 18.0 Å². The number of nitrogens with one attached hydrogen (secondary N) is 1. The lowest BCUT2D eigenvalue weighted by atomic mass is 10.2. The van der Waals surface area contributed by atoms with Crippen LogP contribution in [0.1, 0.15) is 5.69 Å². The van der Waals surface area contributed by atoms with Gasteiger partial charge in [0.2, 0.25) is 0 Å². The number of aliphatic hydroxyl groups is 1. The van der Waals surface area contributed by atoms with Gasteiger partial charge in [-0.3, -0.25) is 0 Å². The molecular weight excluding hydrogens is 282 g/mol. The van der Waals surface area contributed by atoms with Gasteiger partial charge in [0.15, 0.2) is 5.76 Å². The van der Waals surface area contributed by atoms with Crippen molar-refractivity contribution >= 4 is 6.03 Å². The summed E-state index contributed by atoms with van der Waals surface area (Å²) in [5, 5.41) is 15.6. The van der Waals surface area contributed by atoms with E-state index in [1.165, 1.54) is 4.90 Å². The molecular formula is C16H19N3O3. The van der Waals surface area contributed by atoms with E-state index in [1.807, 2.05) is 30.3 Å². The average molecular weight is 301 g/mol. The number of benzene rings is 1. The first kappa shape index (κ1) is 15.8. The zero-order valence-corrected chi connectivity index (χ0v) is 12.2. The number of hydrogen-bond acceptors (Lipinski definition) is 4. The molecule has 2 rings (SSSR count). The molecule has 0 aliphatic carbocycles. The van der Waals surface area contributed by atoms with Gasteiger partial charge in [-0.15, -0.1) is 6.58 Å². The third-order valence-electron chi connectivity index (χ3n) is 3.04. The van der Waals surface area contributed by atoms with Crippen molar-refractivity contribution in [3.8, 4) is 11.3 Å². The highest BCUT2D eigenvalue weighted by atomic mass is 16.5. The quantitative estimate of drug-likeness (QED) is 0.767. The van der Waals surface area contributed by atoms with Crippen LogP contribution in [0.3, 0.4) is 0 Å². The van der Waals surface area contributed by atoms with Crippen LogP contribution in [0, 0.1) is 0 Å². The summed E-state index contributed by atoms with van der Waals surface area (Å²) in [6, 6.07) is 11.1. The molecule has 0 bridgehead atoms. The van der Waals surface area contributed by atoms with Gasteiger partial charge in [0.25, 0.3) is 0 Å². The van der Waals surface area contributed by atoms with Crippen LogP contribution in [0.15, 0.2) is 53.6 Å². The van der Waals surface area contributed by atoms with E-state index >= 15 is 0 Å². The standard InChI is InChI=1S/C16H19N3O3/c1-2-8-19(9-10-20)16(21)17-12-14-11-15(22-18-14)13-6-4-3-5-7-13/h2-7,11,20H,1,8-10,12H2,(H,17,21). The van der Waals surface area contributed by atoms with Crippen molar-refractivity contribution in [2.75, 3.05) is 19.7 Å². The normalized spacial score (nSPS) is 10.2. The van der Waals surface area contributed by atoms with Crippen molar-refractivity contribution in [1.82, 2.24) is 15.4 Å². The number of aliphatic hydroxyl groups excluding tert-OH is 1. The summed E-state index contributed by atoms with van der Waals surface area (Å²) < 4.78 is 5.27. The highest BCUT2D eigenvalue weighted by molar-refractivity contribution is 5.74. The number of carbonyl (C=O) groups excluding carboxylic acids is 1. The molecule has 116 valence electrons. The fourth-order valence-electron chi connectivity index (χ4n) is 1.96. The molecule has 2 aromatic rings. The van der Waals surface area contributed by atoms with Crippen LogP contribution in [0.5, 0.6) is 0 Å². The SMILES string of the molecule is C=CCN(CCO)C(=O)NCc1cc(-c2ccccc2)on1. The molecule has 0 unspecified atom stereocenters. The van der Waals surface area contributed by atoms with Crippen molar-refractivity contribution < 1.29 is 14.4 Å². The molecule has 1 aromatic carbocycles. The molecule has 0 aliphatic rings. The first-order chi connectivity index (χ1) is 10.7. The number of aromatic nitrogens is 1. The molecule has 0 spiro atoms. The molecule has 6 nitrogen and oxygen atoms in total. The van der Waals surface area contributed by atoms with Gasteiger partial charge < -0.3 is 19.8 Å². The summed E-state index contributed by atoms with van der Waals surface area (Å²) in [7, 11) is 0. The molecule has 22 heavy (non-hydrogen) atoms. The fourth-order valence-corrected chi connectivity index (χ4v) is 1.96. The Morgan fingerprint density at radius 1 is 1.41 bits per heavy atom. The van der Waals surface area contributed by atoms with Gasteiger partial charge in [-0.25, -0.2) is 4.79 Å². The highest BCUT2D eigenvalue weighted by Crippen LogP contribution is 2.19. The number of hydrogen-bond donors (Lipinski definition) is 2. The summed E-state index contributed by atoms with van der Waals surface area (Å²) in [5.74, 6) is 0.656. The van der Waals surface area contributed by atoms with Crippen molar-refractivity contribution in [3.63, 3.8) is 0 Å². The van der Waals surface area contributed by atoms with E-state index in [4.69, 9.17) is 9.63 Å². The highest BCUT2D eigenvalue weighted by Gasteiger charge is 2.12. The van der Waals surface area contributed by atoms with E-state index in [9.17, 15) is 4.79 Å². The van der Waals surface area contributed by atoms with Crippen LogP contribution in [0.2, 0.25) is 0 Å². The Kier molecular flexibility index (Phi) is 5.73. The second kappa shape index (κ2) is 7.99. The molecule has 6 heteroatoms. The fraction of sp³-hybridized carbons (Fsp3) is 0.250. The lowest BCUT2D eigenvalue weighted by Crippen LogP contribution is -2.41. The minimum atomic E-state index is -0.279. The maximum absolute atomic E-state index is 12.0. The molecule has 0 saturated carbocycles. The summed E-state index contributed by atoms with van der Waals surface area (Å²) in [6.07, 6.45) is 1.61. The minimum absolute atomic E-state index is 0.0939. The molecule has 1 heterocycles. The van der Waals surface area contributed by atoms with Gasteiger partial charge in [-0.1, -0.05) is 41.6 Å². The number of amides is 2. The topological polar surface area (TPSA) is 78.6 Å². The zero-order chi connectivity index (χ0) is 15.8. The van der Waals surface area contributed by atoms with Gasteiger partial charge in [0, 0.05) is 24.7 Å². The van der Waals surface area contributed by atoms with Gasteiger partial charge in [0.05, 0.1) is 13.2 Å². The van der Waals surface area contributed by atoms with Gasteiger partial charge in [-0.2, -0.15) is 0 Å². The molecule has 0 aliphatic heterocycles. The van der Waals surface area contributed by atoms with Crippen molar-refractivity contribution in [3.05, 3.63) is 54.7 Å². The number of rotatable bonds is 7. The smallest absolute Gasteiger partial charge is 0.318 e. The zero-order valence-electron chi connectivity index (χ0n) is 12.2. The lowest BCUT2D eigenvalue weighted by Gasteiger charge is -2.19. The summed E-state index contributed by atoms with van der Waals surface area (Å²) in [4.78, 5) is 13.4. The third-order valence-corrected chi connectivity index (χ3v) is 3.04. The first-order valence-corrected chi connectivity index (χ1v) is 7.00. The second-order valence-corrected chi connectivity index (χ2v) is 4.67. The number of urea groups is 1. The predicted octanol–water partition coefficient (Wildman–Crippen LogP) is 2.03. The molecule has 2 amide bonds. The van der Waals surface area contributed by atoms with Gasteiger partial charge in [0.1, 0.15) is 5.69 Å². The Morgan fingerprint density at radius 3 is 2.86 bits per heavy atom. The first-order valence-electron chi connectivity index (χ1n) is 7.00. The van der Waals surface area contributed by atoms with Crippen molar-refractivity contribution in [2.24, 2.45) is 0 Å². The second-order valence-electron chi connectivity index (χ2n) is 4.67. The van der Waals surface area contributed by atoms with Gasteiger partial charge >= 0.3 is 6.03 Å². The molecule has 0 fully saturated rings. The van der Waals surface area contributed by atoms with Gasteiger partial charge in [-0.05, 0) is 0 Å². The van der Waals surface area contributed by atoms with Crippen molar-refractivity contribution in [1.29, 1.82) is 0 Å². The molecule has 0 radical (unpaired) electrons. The molecule has 0 atom stereocenters. The van der Waals surface area contributed by atoms with E-state index in [-0.39, 0.29) is 25.7 Å². The Hall–Kier alpha value is -2.60. The predicted molar refractivity (Wildman–Crippen MR) is 83.0 cm³/mol. The van der Waals surface area contributed by atoms with Crippen molar-refractivity contribution in [2.45, 2.75) is 6.54 Å². The van der Waals surface area contributed by atoms with E-state index in [0.717, 1.165) is 5.56 Å². The maximum Gasteiger partial charge on any atom is 0.318 e. The summed E-state index contributed by atoms with van der Waals surface area (Å²) >= 11 is 0. The number of nitrogens with zero attached hydrogens (tertiary/aromatic N) is 2. The van der Waals surface area contributed by atoms with E-state index < -0.39 is 0 Å². The van der Waals surface area contributed by atoms with Crippen LogP contribution in [0.4, 0.5) is 4.79 Å². The summed E-state index contributed by atoms with van der Waals surface area (Å²) in [5.41, 5.74) is 1.57. The van der Waals surface area contributed by atoms with E-state index in [2.05, 4.69) is 17.1 Å². The van der Waals surface area contributed by atoms with Crippen LogP contribution >= 0.6 is 0 Å². The van der Waals surface area contributed by atoms with Crippen LogP contribution in [-0.4, -0.2) is 40.9 Å². The monoisotopic (exact) mass is 301 g/mol. The van der Waals surface area contributed by atoms with Crippen LogP contribution in [0.25, 0.3) is 11.3 Å². The van der Waals surface area contributed by atoms with Crippen LogP contribution in [-0.2, 0) is 6.54 Å². The largest absolute Gasteiger partial charge is 0.395 e. The minimum Gasteiger partial charge on any atom is -0.395 e. The van der Waals surface area contributed by atoms with Crippen LogP contribution < -0.4 is 5.32 Å². The van der Waals surface area contributed by atoms with E-state index in [1.54, 1.807) is 12.1 Å². The molecule has 2 N–H and O–H groups in total. The Bertz CT molecular complexity index is 610. The summed E-state index contributed by atoms with van der Waals surface area (Å²) in [6.45, 7) is 4.39. The Labute approximate surface area is 129 Å². The Balaban J connectivity index is 1.93.